The Labute approximate surface area is 252 Å². The molecular formula is C36H36O7. The number of hydrogen-bond acceptors (Lipinski definition) is 7. The number of rotatable bonds is 13. The van der Waals surface area contributed by atoms with Crippen LogP contribution in [0.3, 0.4) is 0 Å². The highest BCUT2D eigenvalue weighted by molar-refractivity contribution is 5.97. The molecule has 0 aliphatic heterocycles. The molecule has 0 atom stereocenters. The Kier molecular flexibility index (Phi) is 10.7. The van der Waals surface area contributed by atoms with Gasteiger partial charge in [-0.05, 0) is 117 Å². The number of ether oxygens (including phenoxy) is 4. The molecule has 0 bridgehead atoms. The standard InChI is InChI=1S/C36H36O7/c1-5-33(37)41-19-9-7-6-8-18-40-31-15-12-27(13-16-31)35(38)42-32-17-14-28-22-30(11-10-29(28)23-32)36(39)43-34-25(3)20-24(2)21-26(34)4/h5,10-17,20-23H,1,6-9,18-19H2,2-4H3. The highest BCUT2D eigenvalue weighted by Crippen LogP contribution is 2.27. The van der Waals surface area contributed by atoms with Crippen molar-refractivity contribution in [2.24, 2.45) is 0 Å². The van der Waals surface area contributed by atoms with Crippen molar-refractivity contribution in [1.29, 1.82) is 0 Å². The maximum Gasteiger partial charge on any atom is 0.343 e. The fourth-order valence-corrected chi connectivity index (χ4v) is 4.73. The molecule has 0 heterocycles. The SMILES string of the molecule is C=CC(=O)OCCCCCCOc1ccc(C(=O)Oc2ccc3cc(C(=O)Oc4c(C)cc(C)cc4C)ccc3c2)cc1. The van der Waals surface area contributed by atoms with Gasteiger partial charge in [-0.3, -0.25) is 0 Å². The van der Waals surface area contributed by atoms with Gasteiger partial charge < -0.3 is 18.9 Å². The number of carbonyl (C=O) groups excluding carboxylic acids is 3. The number of aryl methyl sites for hydroxylation is 3. The maximum atomic E-state index is 12.9. The smallest absolute Gasteiger partial charge is 0.343 e. The molecule has 4 rings (SSSR count). The van der Waals surface area contributed by atoms with Crippen LogP contribution in [-0.4, -0.2) is 31.1 Å². The Morgan fingerprint density at radius 1 is 0.651 bits per heavy atom. The number of fused-ring (bicyclic) bond motifs is 1. The summed E-state index contributed by atoms with van der Waals surface area (Å²) in [5.74, 6) is 0.347. The van der Waals surface area contributed by atoms with Crippen LogP contribution in [0.1, 0.15) is 63.1 Å². The van der Waals surface area contributed by atoms with E-state index in [0.717, 1.165) is 59.2 Å². The zero-order chi connectivity index (χ0) is 30.8. The normalized spacial score (nSPS) is 10.7. The Morgan fingerprint density at radius 2 is 1.23 bits per heavy atom. The first-order valence-electron chi connectivity index (χ1n) is 14.3. The second-order valence-corrected chi connectivity index (χ2v) is 10.4. The third kappa shape index (κ3) is 8.79. The van der Waals surface area contributed by atoms with Crippen LogP contribution in [0.4, 0.5) is 0 Å². The third-order valence-corrected chi connectivity index (χ3v) is 6.87. The fraction of sp³-hybridized carbons (Fsp3) is 0.250. The second-order valence-electron chi connectivity index (χ2n) is 10.4. The van der Waals surface area contributed by atoms with Crippen LogP contribution in [0.2, 0.25) is 0 Å². The van der Waals surface area contributed by atoms with E-state index in [1.54, 1.807) is 48.5 Å². The van der Waals surface area contributed by atoms with Gasteiger partial charge in [0.15, 0.2) is 0 Å². The molecule has 0 unspecified atom stereocenters. The van der Waals surface area contributed by atoms with Crippen molar-refractivity contribution < 1.29 is 33.3 Å². The van der Waals surface area contributed by atoms with E-state index in [1.807, 2.05) is 45.0 Å². The molecule has 4 aromatic carbocycles. The highest BCUT2D eigenvalue weighted by atomic mass is 16.5. The minimum atomic E-state index is -0.480. The highest BCUT2D eigenvalue weighted by Gasteiger charge is 2.15. The molecule has 222 valence electrons. The fourth-order valence-electron chi connectivity index (χ4n) is 4.73. The summed E-state index contributed by atoms with van der Waals surface area (Å²) in [5.41, 5.74) is 3.78. The van der Waals surface area contributed by atoms with Crippen LogP contribution < -0.4 is 14.2 Å². The second kappa shape index (κ2) is 14.8. The monoisotopic (exact) mass is 580 g/mol. The van der Waals surface area contributed by atoms with Crippen LogP contribution in [0, 0.1) is 20.8 Å². The molecule has 0 saturated carbocycles. The predicted molar refractivity (Wildman–Crippen MR) is 166 cm³/mol. The number of unbranched alkanes of at least 4 members (excludes halogenated alkanes) is 3. The molecule has 43 heavy (non-hydrogen) atoms. The molecule has 4 aromatic rings. The van der Waals surface area contributed by atoms with Gasteiger partial charge in [0.05, 0.1) is 24.3 Å². The van der Waals surface area contributed by atoms with E-state index < -0.39 is 17.9 Å². The number of hydrogen-bond donors (Lipinski definition) is 0. The van der Waals surface area contributed by atoms with Gasteiger partial charge in [0.2, 0.25) is 0 Å². The van der Waals surface area contributed by atoms with Crippen molar-refractivity contribution in [2.45, 2.75) is 46.5 Å². The molecule has 0 amide bonds. The first-order chi connectivity index (χ1) is 20.7. The van der Waals surface area contributed by atoms with E-state index in [9.17, 15) is 14.4 Å². The summed E-state index contributed by atoms with van der Waals surface area (Å²) >= 11 is 0. The molecule has 0 N–H and O–H groups in total. The zero-order valence-corrected chi connectivity index (χ0v) is 24.8. The lowest BCUT2D eigenvalue weighted by Gasteiger charge is -2.12. The van der Waals surface area contributed by atoms with Gasteiger partial charge in [0, 0.05) is 6.08 Å². The predicted octanol–water partition coefficient (Wildman–Crippen LogP) is 7.87. The molecule has 0 spiro atoms. The van der Waals surface area contributed by atoms with Crippen LogP contribution in [0.5, 0.6) is 17.2 Å². The summed E-state index contributed by atoms with van der Waals surface area (Å²) in [6, 6.07) is 21.3. The van der Waals surface area contributed by atoms with Crippen molar-refractivity contribution in [2.75, 3.05) is 13.2 Å². The first-order valence-corrected chi connectivity index (χ1v) is 14.3. The van der Waals surface area contributed by atoms with Gasteiger partial charge in [-0.2, -0.15) is 0 Å². The van der Waals surface area contributed by atoms with E-state index in [2.05, 4.69) is 6.58 Å². The van der Waals surface area contributed by atoms with E-state index in [-0.39, 0.29) is 0 Å². The van der Waals surface area contributed by atoms with Gasteiger partial charge >= 0.3 is 17.9 Å². The van der Waals surface area contributed by atoms with E-state index in [0.29, 0.717) is 41.6 Å². The topological polar surface area (TPSA) is 88.1 Å². The van der Waals surface area contributed by atoms with Crippen LogP contribution in [0.25, 0.3) is 10.8 Å². The molecule has 0 fully saturated rings. The molecule has 0 radical (unpaired) electrons. The van der Waals surface area contributed by atoms with Crippen molar-refractivity contribution in [3.8, 4) is 17.2 Å². The minimum Gasteiger partial charge on any atom is -0.494 e. The lowest BCUT2D eigenvalue weighted by molar-refractivity contribution is -0.137. The number of carbonyl (C=O) groups is 3. The summed E-state index contributed by atoms with van der Waals surface area (Å²) < 4.78 is 22.0. The molecule has 7 heteroatoms. The van der Waals surface area contributed by atoms with Crippen LogP contribution in [-0.2, 0) is 9.53 Å². The average Bonchev–Trinajstić information content (AvgIpc) is 3.00. The summed E-state index contributed by atoms with van der Waals surface area (Å²) in [5, 5.41) is 1.65. The molecule has 0 saturated heterocycles. The van der Waals surface area contributed by atoms with E-state index >= 15 is 0 Å². The lowest BCUT2D eigenvalue weighted by Crippen LogP contribution is -2.10. The quantitative estimate of drug-likeness (QED) is 0.0688. The van der Waals surface area contributed by atoms with Crippen LogP contribution in [0.15, 0.2) is 85.5 Å². The van der Waals surface area contributed by atoms with Crippen molar-refractivity contribution in [3.63, 3.8) is 0 Å². The summed E-state index contributed by atoms with van der Waals surface area (Å²) in [4.78, 5) is 36.6. The van der Waals surface area contributed by atoms with E-state index in [4.69, 9.17) is 18.9 Å². The molecule has 0 aromatic heterocycles. The van der Waals surface area contributed by atoms with Gasteiger partial charge in [-0.15, -0.1) is 0 Å². The molecule has 0 aliphatic rings. The number of benzene rings is 4. The largest absolute Gasteiger partial charge is 0.494 e. The van der Waals surface area contributed by atoms with Gasteiger partial charge in [0.1, 0.15) is 17.2 Å². The summed E-state index contributed by atoms with van der Waals surface area (Å²) in [7, 11) is 0. The number of esters is 3. The maximum absolute atomic E-state index is 12.9. The van der Waals surface area contributed by atoms with Gasteiger partial charge in [-0.1, -0.05) is 36.4 Å². The zero-order valence-electron chi connectivity index (χ0n) is 24.8. The van der Waals surface area contributed by atoms with Crippen molar-refractivity contribution in [3.05, 3.63) is 113 Å². The molecule has 7 nitrogen and oxygen atoms in total. The summed E-state index contributed by atoms with van der Waals surface area (Å²) in [6.07, 6.45) is 4.73. The molecular weight excluding hydrogens is 544 g/mol. The van der Waals surface area contributed by atoms with Crippen molar-refractivity contribution in [1.82, 2.24) is 0 Å². The van der Waals surface area contributed by atoms with Crippen LogP contribution >= 0.6 is 0 Å². The summed E-state index contributed by atoms with van der Waals surface area (Å²) in [6.45, 7) is 10.2. The Morgan fingerprint density at radius 3 is 1.93 bits per heavy atom. The van der Waals surface area contributed by atoms with E-state index in [1.165, 1.54) is 0 Å². The Bertz CT molecular complexity index is 1600. The first kappa shape index (κ1) is 31.0. The van der Waals surface area contributed by atoms with Gasteiger partial charge in [0.25, 0.3) is 0 Å². The van der Waals surface area contributed by atoms with Gasteiger partial charge in [-0.25, -0.2) is 14.4 Å². The molecule has 0 aliphatic carbocycles. The average molecular weight is 581 g/mol. The third-order valence-electron chi connectivity index (χ3n) is 6.87. The lowest BCUT2D eigenvalue weighted by atomic mass is 10.1. The minimum absolute atomic E-state index is 0.397. The van der Waals surface area contributed by atoms with Crippen molar-refractivity contribution >= 4 is 28.7 Å². The Hall–Kier alpha value is -4.91. The Balaban J connectivity index is 1.27.